The van der Waals surface area contributed by atoms with Crippen molar-refractivity contribution in [2.45, 2.75) is 78.7 Å². The third kappa shape index (κ3) is 2.00. The SMILES string of the molecule is CC1=CC2(C)CCC3C(CC(O)C4CC(C)CC[C@@]43C)C2C1. The minimum absolute atomic E-state index is 0.0442. The summed E-state index contributed by atoms with van der Waals surface area (Å²) in [5.41, 5.74) is 2.44. The van der Waals surface area contributed by atoms with Gasteiger partial charge >= 0.3 is 0 Å². The maximum absolute atomic E-state index is 11.0. The molecule has 4 aliphatic carbocycles. The second-order valence-electron chi connectivity index (χ2n) is 9.91. The number of aliphatic hydroxyl groups is 1. The average molecular weight is 303 g/mol. The number of rotatable bonds is 0. The summed E-state index contributed by atoms with van der Waals surface area (Å²) in [5, 5.41) is 11.0. The Bertz CT molecular complexity index is 494. The second kappa shape index (κ2) is 4.85. The predicted octanol–water partition coefficient (Wildman–Crippen LogP) is 5.19. The highest BCUT2D eigenvalue weighted by atomic mass is 16.3. The number of hydrogen-bond donors (Lipinski definition) is 1. The number of allylic oxidation sites excluding steroid dienone is 2. The molecule has 1 nitrogen and oxygen atoms in total. The van der Waals surface area contributed by atoms with Gasteiger partial charge < -0.3 is 5.11 Å². The molecule has 7 unspecified atom stereocenters. The van der Waals surface area contributed by atoms with Crippen LogP contribution in [0, 0.1) is 40.4 Å². The maximum atomic E-state index is 11.0. The van der Waals surface area contributed by atoms with Crippen molar-refractivity contribution in [2.24, 2.45) is 40.4 Å². The molecule has 124 valence electrons. The van der Waals surface area contributed by atoms with Crippen molar-refractivity contribution in [1.82, 2.24) is 0 Å². The van der Waals surface area contributed by atoms with E-state index in [0.717, 1.165) is 30.1 Å². The molecule has 4 aliphatic rings. The van der Waals surface area contributed by atoms with E-state index in [4.69, 9.17) is 0 Å². The van der Waals surface area contributed by atoms with Crippen molar-refractivity contribution in [3.63, 3.8) is 0 Å². The largest absolute Gasteiger partial charge is 0.393 e. The number of aliphatic hydroxyl groups excluding tert-OH is 1. The lowest BCUT2D eigenvalue weighted by Gasteiger charge is -2.61. The third-order valence-electron chi connectivity index (χ3n) is 8.50. The normalized spacial score (nSPS) is 57.6. The first-order chi connectivity index (χ1) is 10.3. The summed E-state index contributed by atoms with van der Waals surface area (Å²) >= 11 is 0. The Morgan fingerprint density at radius 2 is 1.82 bits per heavy atom. The van der Waals surface area contributed by atoms with Gasteiger partial charge in [0.15, 0.2) is 0 Å². The molecule has 1 heteroatoms. The minimum Gasteiger partial charge on any atom is -0.393 e. The van der Waals surface area contributed by atoms with Crippen LogP contribution in [0.25, 0.3) is 0 Å². The molecule has 1 N–H and O–H groups in total. The molecule has 0 saturated heterocycles. The van der Waals surface area contributed by atoms with Crippen molar-refractivity contribution >= 4 is 0 Å². The molecule has 0 heterocycles. The molecule has 3 saturated carbocycles. The van der Waals surface area contributed by atoms with Crippen molar-refractivity contribution in [3.8, 4) is 0 Å². The smallest absolute Gasteiger partial charge is 0.0576 e. The van der Waals surface area contributed by atoms with Crippen molar-refractivity contribution < 1.29 is 5.11 Å². The van der Waals surface area contributed by atoms with Crippen LogP contribution in [0.4, 0.5) is 0 Å². The molecule has 22 heavy (non-hydrogen) atoms. The van der Waals surface area contributed by atoms with Gasteiger partial charge in [-0.05, 0) is 85.9 Å². The fourth-order valence-electron chi connectivity index (χ4n) is 7.38. The van der Waals surface area contributed by atoms with Gasteiger partial charge in [-0.15, -0.1) is 0 Å². The third-order valence-corrected chi connectivity index (χ3v) is 8.50. The molecular formula is C21H34O. The molecule has 3 fully saturated rings. The van der Waals surface area contributed by atoms with E-state index in [2.05, 4.69) is 33.8 Å². The lowest BCUT2D eigenvalue weighted by atomic mass is 9.44. The first-order valence-corrected chi connectivity index (χ1v) is 9.70. The van der Waals surface area contributed by atoms with Gasteiger partial charge in [0, 0.05) is 0 Å². The molecular weight excluding hydrogens is 268 g/mol. The van der Waals surface area contributed by atoms with Gasteiger partial charge in [0.05, 0.1) is 6.10 Å². The van der Waals surface area contributed by atoms with Crippen LogP contribution in [0.5, 0.6) is 0 Å². The van der Waals surface area contributed by atoms with Crippen LogP contribution in [0.1, 0.15) is 72.6 Å². The summed E-state index contributed by atoms with van der Waals surface area (Å²) in [6.07, 6.45) is 11.7. The molecule has 0 spiro atoms. The van der Waals surface area contributed by atoms with Gasteiger partial charge in [-0.1, -0.05) is 38.8 Å². The van der Waals surface area contributed by atoms with E-state index in [0.29, 0.717) is 16.7 Å². The zero-order chi connectivity index (χ0) is 15.7. The van der Waals surface area contributed by atoms with Gasteiger partial charge in [-0.3, -0.25) is 0 Å². The van der Waals surface area contributed by atoms with Gasteiger partial charge in [0.1, 0.15) is 0 Å². The van der Waals surface area contributed by atoms with Crippen LogP contribution in [-0.4, -0.2) is 11.2 Å². The highest BCUT2D eigenvalue weighted by Gasteiger charge is 2.59. The summed E-state index contributed by atoms with van der Waals surface area (Å²) in [4.78, 5) is 0. The topological polar surface area (TPSA) is 20.2 Å². The van der Waals surface area contributed by atoms with E-state index in [-0.39, 0.29) is 6.10 Å². The lowest BCUT2D eigenvalue weighted by molar-refractivity contribution is -0.156. The second-order valence-corrected chi connectivity index (χ2v) is 9.91. The van der Waals surface area contributed by atoms with E-state index in [1.165, 1.54) is 38.5 Å². The molecule has 8 atom stereocenters. The van der Waals surface area contributed by atoms with Crippen molar-refractivity contribution in [3.05, 3.63) is 11.6 Å². The zero-order valence-corrected chi connectivity index (χ0v) is 14.9. The van der Waals surface area contributed by atoms with E-state index in [1.54, 1.807) is 5.57 Å². The Labute approximate surface area is 136 Å². The number of fused-ring (bicyclic) bond motifs is 5. The molecule has 0 aromatic rings. The summed E-state index contributed by atoms with van der Waals surface area (Å²) in [6, 6.07) is 0. The van der Waals surface area contributed by atoms with Crippen LogP contribution >= 0.6 is 0 Å². The van der Waals surface area contributed by atoms with Crippen molar-refractivity contribution in [2.75, 3.05) is 0 Å². The Morgan fingerprint density at radius 1 is 1.05 bits per heavy atom. The average Bonchev–Trinajstić information content (AvgIpc) is 2.76. The van der Waals surface area contributed by atoms with E-state index < -0.39 is 0 Å². The molecule has 0 aromatic heterocycles. The highest BCUT2D eigenvalue weighted by Crippen LogP contribution is 2.65. The first-order valence-electron chi connectivity index (χ1n) is 9.70. The quantitative estimate of drug-likeness (QED) is 0.610. The van der Waals surface area contributed by atoms with Crippen LogP contribution in [0.3, 0.4) is 0 Å². The summed E-state index contributed by atoms with van der Waals surface area (Å²) in [5.74, 6) is 3.81. The van der Waals surface area contributed by atoms with Gasteiger partial charge in [0.2, 0.25) is 0 Å². The molecule has 0 radical (unpaired) electrons. The van der Waals surface area contributed by atoms with E-state index in [9.17, 15) is 5.11 Å². The van der Waals surface area contributed by atoms with Gasteiger partial charge in [-0.25, -0.2) is 0 Å². The predicted molar refractivity (Wildman–Crippen MR) is 91.4 cm³/mol. The summed E-state index contributed by atoms with van der Waals surface area (Å²) < 4.78 is 0. The molecule has 0 amide bonds. The Morgan fingerprint density at radius 3 is 2.59 bits per heavy atom. The van der Waals surface area contributed by atoms with Crippen LogP contribution in [-0.2, 0) is 0 Å². The Hall–Kier alpha value is -0.300. The fourth-order valence-corrected chi connectivity index (χ4v) is 7.38. The van der Waals surface area contributed by atoms with Crippen LogP contribution in [0.15, 0.2) is 11.6 Å². The summed E-state index contributed by atoms with van der Waals surface area (Å²) in [6.45, 7) is 9.75. The summed E-state index contributed by atoms with van der Waals surface area (Å²) in [7, 11) is 0. The Balaban J connectivity index is 1.67. The van der Waals surface area contributed by atoms with Crippen molar-refractivity contribution in [1.29, 1.82) is 0 Å². The standard InChI is InChI=1S/C21H34O/c1-13-5-8-21(4)16-6-7-20(3)12-14(2)10-17(20)15(16)11-19(22)18(21)9-13/h12-13,15-19,22H,5-11H2,1-4H3/t13?,15?,16?,17?,18?,19?,20?,21-/m1/s1. The van der Waals surface area contributed by atoms with Crippen LogP contribution < -0.4 is 0 Å². The maximum Gasteiger partial charge on any atom is 0.0576 e. The first kappa shape index (κ1) is 15.2. The zero-order valence-electron chi connectivity index (χ0n) is 14.9. The van der Waals surface area contributed by atoms with Gasteiger partial charge in [0.25, 0.3) is 0 Å². The lowest BCUT2D eigenvalue weighted by Crippen LogP contribution is -2.57. The van der Waals surface area contributed by atoms with E-state index >= 15 is 0 Å². The highest BCUT2D eigenvalue weighted by molar-refractivity contribution is 5.22. The molecule has 0 aromatic carbocycles. The van der Waals surface area contributed by atoms with Gasteiger partial charge in [-0.2, -0.15) is 0 Å². The monoisotopic (exact) mass is 302 g/mol. The fraction of sp³-hybridized carbons (Fsp3) is 0.905. The number of hydrogen-bond acceptors (Lipinski definition) is 1. The molecule has 4 rings (SSSR count). The molecule has 0 bridgehead atoms. The van der Waals surface area contributed by atoms with Crippen LogP contribution in [0.2, 0.25) is 0 Å². The Kier molecular flexibility index (Phi) is 3.36. The molecule has 0 aliphatic heterocycles. The van der Waals surface area contributed by atoms with E-state index in [1.807, 2.05) is 0 Å². The minimum atomic E-state index is -0.0442.